The van der Waals surface area contributed by atoms with Gasteiger partial charge in [-0.3, -0.25) is 14.5 Å². The van der Waals surface area contributed by atoms with Crippen molar-refractivity contribution in [2.24, 2.45) is 0 Å². The van der Waals surface area contributed by atoms with E-state index in [1.807, 2.05) is 30.3 Å². The number of anilines is 1. The van der Waals surface area contributed by atoms with Crippen LogP contribution in [0.25, 0.3) is 0 Å². The first-order chi connectivity index (χ1) is 13.4. The van der Waals surface area contributed by atoms with E-state index in [0.717, 1.165) is 30.8 Å². The Hall–Kier alpha value is -2.66. The summed E-state index contributed by atoms with van der Waals surface area (Å²) >= 11 is 0. The molecule has 2 aromatic rings. The monoisotopic (exact) mass is 381 g/mol. The number of nitrogens with zero attached hydrogens (tertiary/aromatic N) is 1. The average molecular weight is 382 g/mol. The van der Waals surface area contributed by atoms with Crippen molar-refractivity contribution in [3.63, 3.8) is 0 Å². The average Bonchev–Trinajstić information content (AvgIpc) is 2.71. The Labute approximate surface area is 168 Å². The molecule has 0 atom stereocenters. The predicted octanol–water partition coefficient (Wildman–Crippen LogP) is 3.91. The van der Waals surface area contributed by atoms with Crippen LogP contribution in [-0.4, -0.2) is 29.8 Å². The molecule has 150 valence electrons. The molecule has 0 saturated heterocycles. The number of carbonyl (C=O) groups excluding carboxylic acids is 2. The summed E-state index contributed by atoms with van der Waals surface area (Å²) in [6, 6.07) is 15.7. The number of benzene rings is 2. The zero-order valence-corrected chi connectivity index (χ0v) is 17.3. The predicted molar refractivity (Wildman–Crippen MR) is 114 cm³/mol. The number of hydrogen-bond acceptors (Lipinski definition) is 3. The number of amides is 2. The van der Waals surface area contributed by atoms with Gasteiger partial charge in [-0.1, -0.05) is 64.1 Å². The molecule has 0 spiro atoms. The summed E-state index contributed by atoms with van der Waals surface area (Å²) in [6.45, 7) is 11.7. The smallest absolute Gasteiger partial charge is 0.313 e. The summed E-state index contributed by atoms with van der Waals surface area (Å²) in [7, 11) is 0. The lowest BCUT2D eigenvalue weighted by Gasteiger charge is -2.18. The van der Waals surface area contributed by atoms with Gasteiger partial charge < -0.3 is 10.6 Å². The fourth-order valence-corrected chi connectivity index (χ4v) is 2.89. The van der Waals surface area contributed by atoms with E-state index in [1.54, 1.807) is 6.07 Å². The fourth-order valence-electron chi connectivity index (χ4n) is 2.89. The molecule has 0 unspecified atom stereocenters. The van der Waals surface area contributed by atoms with Gasteiger partial charge in [0.2, 0.25) is 0 Å². The Morgan fingerprint density at radius 3 is 2.18 bits per heavy atom. The van der Waals surface area contributed by atoms with Crippen molar-refractivity contribution in [1.29, 1.82) is 0 Å². The van der Waals surface area contributed by atoms with E-state index in [1.165, 1.54) is 5.56 Å². The van der Waals surface area contributed by atoms with Crippen molar-refractivity contribution in [2.45, 2.75) is 46.7 Å². The highest BCUT2D eigenvalue weighted by atomic mass is 16.2. The lowest BCUT2D eigenvalue weighted by molar-refractivity contribution is -0.136. The van der Waals surface area contributed by atoms with Gasteiger partial charge in [0.25, 0.3) is 0 Å². The number of hydrogen-bond donors (Lipinski definition) is 2. The summed E-state index contributed by atoms with van der Waals surface area (Å²) in [5, 5.41) is 5.34. The number of carbonyl (C=O) groups is 2. The Balaban J connectivity index is 1.86. The van der Waals surface area contributed by atoms with Crippen molar-refractivity contribution in [1.82, 2.24) is 10.2 Å². The molecule has 0 fully saturated rings. The molecule has 28 heavy (non-hydrogen) atoms. The minimum Gasteiger partial charge on any atom is -0.344 e. The molecule has 0 radical (unpaired) electrons. The molecule has 2 rings (SSSR count). The second kappa shape index (κ2) is 10.6. The van der Waals surface area contributed by atoms with Gasteiger partial charge in [0, 0.05) is 18.8 Å². The van der Waals surface area contributed by atoms with E-state index in [4.69, 9.17) is 0 Å². The zero-order valence-electron chi connectivity index (χ0n) is 17.3. The molecule has 0 aromatic heterocycles. The Bertz CT molecular complexity index is 781. The number of rotatable bonds is 8. The van der Waals surface area contributed by atoms with Gasteiger partial charge in [0.1, 0.15) is 0 Å². The normalized spacial score (nSPS) is 10.9. The molecular weight excluding hydrogens is 350 g/mol. The van der Waals surface area contributed by atoms with Gasteiger partial charge in [0.15, 0.2) is 0 Å². The minimum absolute atomic E-state index is 0.323. The SMILES string of the molecule is CCN(CC)Cc1ccc(CNC(=O)C(=O)Nc2cccc(C(C)C)c2)cc1. The highest BCUT2D eigenvalue weighted by molar-refractivity contribution is 6.39. The van der Waals surface area contributed by atoms with Gasteiger partial charge in [-0.2, -0.15) is 0 Å². The van der Waals surface area contributed by atoms with Crippen molar-refractivity contribution in [3.05, 3.63) is 65.2 Å². The summed E-state index contributed by atoms with van der Waals surface area (Å²) in [6.07, 6.45) is 0. The standard InChI is InChI=1S/C23H31N3O2/c1-5-26(6-2)16-19-12-10-18(11-13-19)15-24-22(27)23(28)25-21-9-7-8-20(14-21)17(3)4/h7-14,17H,5-6,15-16H2,1-4H3,(H,24,27)(H,25,28). The van der Waals surface area contributed by atoms with Crippen LogP contribution in [0.15, 0.2) is 48.5 Å². The Morgan fingerprint density at radius 2 is 1.57 bits per heavy atom. The van der Waals surface area contributed by atoms with Gasteiger partial charge in [-0.15, -0.1) is 0 Å². The lowest BCUT2D eigenvalue weighted by Crippen LogP contribution is -2.35. The van der Waals surface area contributed by atoms with E-state index >= 15 is 0 Å². The van der Waals surface area contributed by atoms with Crippen molar-refractivity contribution >= 4 is 17.5 Å². The van der Waals surface area contributed by atoms with Crippen molar-refractivity contribution in [2.75, 3.05) is 18.4 Å². The molecule has 0 aliphatic carbocycles. The van der Waals surface area contributed by atoms with Crippen LogP contribution in [0, 0.1) is 0 Å². The van der Waals surface area contributed by atoms with Crippen molar-refractivity contribution < 1.29 is 9.59 Å². The van der Waals surface area contributed by atoms with Crippen LogP contribution in [0.5, 0.6) is 0 Å². The molecule has 0 bridgehead atoms. The first kappa shape index (κ1) is 21.6. The maximum absolute atomic E-state index is 12.1. The maximum Gasteiger partial charge on any atom is 0.313 e. The first-order valence-electron chi connectivity index (χ1n) is 9.92. The summed E-state index contributed by atoms with van der Waals surface area (Å²) in [4.78, 5) is 26.6. The second-order valence-electron chi connectivity index (χ2n) is 7.19. The molecule has 5 nitrogen and oxygen atoms in total. The molecule has 0 aliphatic heterocycles. The van der Waals surface area contributed by atoms with Crippen molar-refractivity contribution in [3.8, 4) is 0 Å². The van der Waals surface area contributed by atoms with E-state index in [0.29, 0.717) is 18.2 Å². The second-order valence-corrected chi connectivity index (χ2v) is 7.19. The quantitative estimate of drug-likeness (QED) is 0.682. The van der Waals surface area contributed by atoms with E-state index in [9.17, 15) is 9.59 Å². The van der Waals surface area contributed by atoms with Crippen LogP contribution in [0.2, 0.25) is 0 Å². The highest BCUT2D eigenvalue weighted by Crippen LogP contribution is 2.18. The van der Waals surface area contributed by atoms with Crippen LogP contribution < -0.4 is 10.6 Å². The minimum atomic E-state index is -0.654. The molecule has 5 heteroatoms. The van der Waals surface area contributed by atoms with Gasteiger partial charge in [-0.25, -0.2) is 0 Å². The third-order valence-corrected chi connectivity index (χ3v) is 4.79. The molecule has 0 aliphatic rings. The van der Waals surface area contributed by atoms with E-state index < -0.39 is 11.8 Å². The molecule has 0 heterocycles. The molecular formula is C23H31N3O2. The largest absolute Gasteiger partial charge is 0.344 e. The number of nitrogens with one attached hydrogen (secondary N) is 2. The highest BCUT2D eigenvalue weighted by Gasteiger charge is 2.14. The van der Waals surface area contributed by atoms with Crippen LogP contribution in [-0.2, 0) is 22.7 Å². The zero-order chi connectivity index (χ0) is 20.5. The van der Waals surface area contributed by atoms with Gasteiger partial charge >= 0.3 is 11.8 Å². The third-order valence-electron chi connectivity index (χ3n) is 4.79. The van der Waals surface area contributed by atoms with Crippen LogP contribution in [0.4, 0.5) is 5.69 Å². The van der Waals surface area contributed by atoms with E-state index in [2.05, 4.69) is 55.4 Å². The summed E-state index contributed by atoms with van der Waals surface area (Å²) in [5.74, 6) is -0.934. The van der Waals surface area contributed by atoms with Crippen LogP contribution >= 0.6 is 0 Å². The molecule has 2 amide bonds. The summed E-state index contributed by atoms with van der Waals surface area (Å²) in [5.41, 5.74) is 3.95. The Kier molecular flexibility index (Phi) is 8.20. The molecule has 2 aromatic carbocycles. The fraction of sp³-hybridized carbons (Fsp3) is 0.391. The molecule has 0 saturated carbocycles. The lowest BCUT2D eigenvalue weighted by atomic mass is 10.0. The van der Waals surface area contributed by atoms with E-state index in [-0.39, 0.29) is 0 Å². The van der Waals surface area contributed by atoms with Gasteiger partial charge in [0.05, 0.1) is 0 Å². The van der Waals surface area contributed by atoms with Crippen LogP contribution in [0.1, 0.15) is 50.3 Å². The van der Waals surface area contributed by atoms with Gasteiger partial charge in [-0.05, 0) is 47.8 Å². The first-order valence-corrected chi connectivity index (χ1v) is 9.92. The third kappa shape index (κ3) is 6.50. The maximum atomic E-state index is 12.1. The molecule has 2 N–H and O–H groups in total. The summed E-state index contributed by atoms with van der Waals surface area (Å²) < 4.78 is 0. The Morgan fingerprint density at radius 1 is 0.929 bits per heavy atom. The van der Waals surface area contributed by atoms with Crippen LogP contribution in [0.3, 0.4) is 0 Å². The topological polar surface area (TPSA) is 61.4 Å².